The lowest BCUT2D eigenvalue weighted by Crippen LogP contribution is -2.48. The Kier molecular flexibility index (Phi) is 5.17. The quantitative estimate of drug-likeness (QED) is 0.496. The number of halogens is 3. The molecule has 1 fully saturated rings. The average molecular weight is 434 g/mol. The molecule has 8 nitrogen and oxygen atoms in total. The maximum atomic E-state index is 12.8. The number of aromatic amines is 1. The van der Waals surface area contributed by atoms with Crippen LogP contribution < -0.4 is 9.64 Å². The van der Waals surface area contributed by atoms with Gasteiger partial charge in [0.15, 0.2) is 0 Å². The average Bonchev–Trinajstić information content (AvgIpc) is 3.16. The van der Waals surface area contributed by atoms with Gasteiger partial charge in [-0.25, -0.2) is 0 Å². The Labute approximate surface area is 174 Å². The number of alkyl halides is 3. The number of nitro benzene ring substituents is 1. The molecule has 31 heavy (non-hydrogen) atoms. The van der Waals surface area contributed by atoms with Crippen molar-refractivity contribution in [3.05, 3.63) is 64.3 Å². The van der Waals surface area contributed by atoms with Gasteiger partial charge >= 0.3 is 6.36 Å². The molecule has 0 radical (unpaired) electrons. The van der Waals surface area contributed by atoms with E-state index in [1.807, 2.05) is 4.90 Å². The highest BCUT2D eigenvalue weighted by molar-refractivity contribution is 5.98. The number of amides is 1. The lowest BCUT2D eigenvalue weighted by Gasteiger charge is -2.36. The van der Waals surface area contributed by atoms with Gasteiger partial charge in [0.1, 0.15) is 11.4 Å². The summed E-state index contributed by atoms with van der Waals surface area (Å²) in [7, 11) is 0. The second kappa shape index (κ2) is 7.82. The number of anilines is 1. The van der Waals surface area contributed by atoms with E-state index < -0.39 is 11.3 Å². The van der Waals surface area contributed by atoms with E-state index in [1.54, 1.807) is 29.2 Å². The van der Waals surface area contributed by atoms with Crippen LogP contribution in [-0.4, -0.2) is 53.3 Å². The molecule has 0 atom stereocenters. The number of nitrogens with one attached hydrogen (secondary N) is 1. The topological polar surface area (TPSA) is 91.7 Å². The van der Waals surface area contributed by atoms with Gasteiger partial charge in [-0.3, -0.25) is 14.9 Å². The van der Waals surface area contributed by atoms with E-state index in [1.165, 1.54) is 24.3 Å². The Morgan fingerprint density at radius 1 is 1.03 bits per heavy atom. The van der Waals surface area contributed by atoms with E-state index >= 15 is 0 Å². The zero-order valence-corrected chi connectivity index (χ0v) is 16.1. The number of hydrogen-bond donors (Lipinski definition) is 1. The van der Waals surface area contributed by atoms with Gasteiger partial charge in [-0.15, -0.1) is 13.2 Å². The van der Waals surface area contributed by atoms with Crippen LogP contribution in [0, 0.1) is 10.1 Å². The van der Waals surface area contributed by atoms with Gasteiger partial charge in [0, 0.05) is 54.9 Å². The van der Waals surface area contributed by atoms with Crippen LogP contribution in [0.3, 0.4) is 0 Å². The molecule has 1 N–H and O–H groups in total. The number of ether oxygens (including phenoxy) is 1. The second-order valence-corrected chi connectivity index (χ2v) is 7.03. The van der Waals surface area contributed by atoms with Crippen LogP contribution in [0.4, 0.5) is 24.5 Å². The normalized spacial score (nSPS) is 14.7. The SMILES string of the molecule is O=C(c1cc2cc([N+](=O)[O-])ccc2[nH]1)N1CCN(c2ccc(OC(F)(F)F)cc2)CC1. The number of benzene rings is 2. The number of nitro groups is 1. The number of aromatic nitrogens is 1. The molecular weight excluding hydrogens is 417 g/mol. The molecule has 11 heteroatoms. The first-order valence-electron chi connectivity index (χ1n) is 9.37. The highest BCUT2D eigenvalue weighted by Gasteiger charge is 2.31. The van der Waals surface area contributed by atoms with Gasteiger partial charge < -0.3 is 19.5 Å². The Morgan fingerprint density at radius 2 is 1.71 bits per heavy atom. The Morgan fingerprint density at radius 3 is 2.32 bits per heavy atom. The van der Waals surface area contributed by atoms with E-state index in [4.69, 9.17) is 0 Å². The second-order valence-electron chi connectivity index (χ2n) is 7.03. The first-order valence-corrected chi connectivity index (χ1v) is 9.37. The molecule has 1 saturated heterocycles. The summed E-state index contributed by atoms with van der Waals surface area (Å²) in [5.41, 5.74) is 1.66. The summed E-state index contributed by atoms with van der Waals surface area (Å²) in [4.78, 5) is 29.9. The molecular formula is C20H17F3N4O4. The standard InChI is InChI=1S/C20H17F3N4O4/c21-20(22,23)31-16-4-1-14(2-5-16)25-7-9-26(10-8-25)19(28)18-12-13-11-15(27(29)30)3-6-17(13)24-18/h1-6,11-12,24H,7-10H2. The van der Waals surface area contributed by atoms with Gasteiger partial charge in [0.05, 0.1) is 4.92 Å². The molecule has 2 aromatic carbocycles. The zero-order chi connectivity index (χ0) is 22.2. The van der Waals surface area contributed by atoms with Crippen LogP contribution in [0.5, 0.6) is 5.75 Å². The number of carbonyl (C=O) groups is 1. The Bertz CT molecular complexity index is 1120. The molecule has 1 aliphatic rings. The van der Waals surface area contributed by atoms with Crippen molar-refractivity contribution in [1.82, 2.24) is 9.88 Å². The van der Waals surface area contributed by atoms with Crippen molar-refractivity contribution in [3.8, 4) is 5.75 Å². The van der Waals surface area contributed by atoms with E-state index in [2.05, 4.69) is 9.72 Å². The van der Waals surface area contributed by atoms with Crippen molar-refractivity contribution < 1.29 is 27.6 Å². The monoisotopic (exact) mass is 434 g/mol. The summed E-state index contributed by atoms with van der Waals surface area (Å²) < 4.78 is 40.7. The molecule has 1 aromatic heterocycles. The number of fused-ring (bicyclic) bond motifs is 1. The number of nitrogens with zero attached hydrogens (tertiary/aromatic N) is 3. The lowest BCUT2D eigenvalue weighted by molar-refractivity contribution is -0.384. The highest BCUT2D eigenvalue weighted by Crippen LogP contribution is 2.26. The zero-order valence-electron chi connectivity index (χ0n) is 16.1. The largest absolute Gasteiger partial charge is 0.573 e. The molecule has 0 unspecified atom stereocenters. The van der Waals surface area contributed by atoms with Crippen molar-refractivity contribution in [2.75, 3.05) is 31.1 Å². The van der Waals surface area contributed by atoms with Crippen LogP contribution in [0.1, 0.15) is 10.5 Å². The molecule has 0 spiro atoms. The van der Waals surface area contributed by atoms with Crippen molar-refractivity contribution >= 4 is 28.2 Å². The molecule has 1 aliphatic heterocycles. The maximum absolute atomic E-state index is 12.8. The number of carbonyl (C=O) groups excluding carboxylic acids is 1. The van der Waals surface area contributed by atoms with Crippen LogP contribution in [-0.2, 0) is 0 Å². The minimum atomic E-state index is -4.74. The van der Waals surface area contributed by atoms with E-state index in [0.717, 1.165) is 5.69 Å². The molecule has 0 saturated carbocycles. The van der Waals surface area contributed by atoms with Gasteiger partial charge in [-0.05, 0) is 36.4 Å². The third-order valence-corrected chi connectivity index (χ3v) is 5.05. The Balaban J connectivity index is 1.40. The summed E-state index contributed by atoms with van der Waals surface area (Å²) in [6, 6.07) is 11.5. The minimum Gasteiger partial charge on any atom is -0.406 e. The first-order chi connectivity index (χ1) is 14.7. The molecule has 1 amide bonds. The van der Waals surface area contributed by atoms with E-state index in [0.29, 0.717) is 42.8 Å². The molecule has 0 aliphatic carbocycles. The number of non-ortho nitro benzene ring substituents is 1. The van der Waals surface area contributed by atoms with Gasteiger partial charge in [-0.1, -0.05) is 0 Å². The summed E-state index contributed by atoms with van der Waals surface area (Å²) in [6.45, 7) is 1.87. The Hall–Kier alpha value is -3.76. The summed E-state index contributed by atoms with van der Waals surface area (Å²) in [6.07, 6.45) is -4.74. The third kappa shape index (κ3) is 4.55. The number of rotatable bonds is 4. The lowest BCUT2D eigenvalue weighted by atomic mass is 10.2. The molecule has 3 aromatic rings. The minimum absolute atomic E-state index is 0.0502. The molecule has 0 bridgehead atoms. The summed E-state index contributed by atoms with van der Waals surface area (Å²) >= 11 is 0. The fourth-order valence-electron chi connectivity index (χ4n) is 3.55. The van der Waals surface area contributed by atoms with Crippen LogP contribution in [0.15, 0.2) is 48.5 Å². The van der Waals surface area contributed by atoms with E-state index in [9.17, 15) is 28.1 Å². The van der Waals surface area contributed by atoms with Gasteiger partial charge in [0.2, 0.25) is 0 Å². The van der Waals surface area contributed by atoms with Crippen LogP contribution in [0.25, 0.3) is 10.9 Å². The van der Waals surface area contributed by atoms with Gasteiger partial charge in [-0.2, -0.15) is 0 Å². The fraction of sp³-hybridized carbons (Fsp3) is 0.250. The van der Waals surface area contributed by atoms with Crippen LogP contribution in [0.2, 0.25) is 0 Å². The third-order valence-electron chi connectivity index (χ3n) is 5.05. The van der Waals surface area contributed by atoms with Crippen molar-refractivity contribution in [1.29, 1.82) is 0 Å². The maximum Gasteiger partial charge on any atom is 0.573 e. The summed E-state index contributed by atoms with van der Waals surface area (Å²) in [5.74, 6) is -0.503. The number of piperazine rings is 1. The van der Waals surface area contributed by atoms with Crippen molar-refractivity contribution in [2.45, 2.75) is 6.36 Å². The first kappa shape index (κ1) is 20.5. The molecule has 162 valence electrons. The highest BCUT2D eigenvalue weighted by atomic mass is 19.4. The number of hydrogen-bond acceptors (Lipinski definition) is 5. The molecule has 4 rings (SSSR count). The summed E-state index contributed by atoms with van der Waals surface area (Å²) in [5, 5.41) is 11.5. The van der Waals surface area contributed by atoms with Gasteiger partial charge in [0.25, 0.3) is 11.6 Å². The van der Waals surface area contributed by atoms with Crippen molar-refractivity contribution in [3.63, 3.8) is 0 Å². The van der Waals surface area contributed by atoms with E-state index in [-0.39, 0.29) is 17.3 Å². The predicted octanol–water partition coefficient (Wildman–Crippen LogP) is 3.94. The predicted molar refractivity (Wildman–Crippen MR) is 106 cm³/mol. The number of H-pyrrole nitrogens is 1. The van der Waals surface area contributed by atoms with Crippen LogP contribution >= 0.6 is 0 Å². The smallest absolute Gasteiger partial charge is 0.406 e. The van der Waals surface area contributed by atoms with Crippen molar-refractivity contribution in [2.24, 2.45) is 0 Å². The fourth-order valence-corrected chi connectivity index (χ4v) is 3.55. The molecule has 2 heterocycles.